The summed E-state index contributed by atoms with van der Waals surface area (Å²) in [5.74, 6) is 0.243. The maximum Gasteiger partial charge on any atom is 0.223 e. The fourth-order valence-electron chi connectivity index (χ4n) is 3.06. The van der Waals surface area contributed by atoms with Gasteiger partial charge in [0.1, 0.15) is 5.01 Å². The van der Waals surface area contributed by atoms with E-state index in [4.69, 9.17) is 5.73 Å². The number of thiazole rings is 1. The van der Waals surface area contributed by atoms with Crippen molar-refractivity contribution in [2.75, 3.05) is 6.54 Å². The van der Waals surface area contributed by atoms with Crippen molar-refractivity contribution < 1.29 is 4.79 Å². The topological polar surface area (TPSA) is 68.0 Å². The van der Waals surface area contributed by atoms with Gasteiger partial charge in [0.2, 0.25) is 5.91 Å². The second kappa shape index (κ2) is 9.16. The Morgan fingerprint density at radius 3 is 2.83 bits per heavy atom. The number of carbonyl (C=O) groups is 1. The van der Waals surface area contributed by atoms with Crippen LogP contribution in [0.3, 0.4) is 0 Å². The number of aromatic nitrogens is 1. The Hall–Kier alpha value is -1.43. The normalized spacial score (nSPS) is 20.2. The Kier molecular flexibility index (Phi) is 7.21. The summed E-state index contributed by atoms with van der Waals surface area (Å²) in [5, 5.41) is 6.15. The lowest BCUT2D eigenvalue weighted by molar-refractivity contribution is -0.126. The predicted octanol–water partition coefficient (Wildman–Crippen LogP) is 3.41. The second-order valence-corrected chi connectivity index (χ2v) is 7.03. The third-order valence-corrected chi connectivity index (χ3v) is 5.28. The summed E-state index contributed by atoms with van der Waals surface area (Å²) in [5.41, 5.74) is 8.13. The van der Waals surface area contributed by atoms with Crippen LogP contribution in [0.2, 0.25) is 0 Å². The smallest absolute Gasteiger partial charge is 0.223 e. The van der Waals surface area contributed by atoms with Gasteiger partial charge in [0.05, 0.1) is 5.69 Å². The Morgan fingerprint density at radius 1 is 1.29 bits per heavy atom. The molecule has 4 nitrogen and oxygen atoms in total. The lowest BCUT2D eigenvalue weighted by Crippen LogP contribution is -2.38. The zero-order valence-electron chi connectivity index (χ0n) is 13.6. The maximum atomic E-state index is 12.2. The summed E-state index contributed by atoms with van der Waals surface area (Å²) < 4.78 is 0. The molecule has 1 aromatic carbocycles. The fourth-order valence-corrected chi connectivity index (χ4v) is 3.92. The number of rotatable bonds is 5. The Balaban J connectivity index is 0.00000208. The van der Waals surface area contributed by atoms with E-state index >= 15 is 0 Å². The molecule has 1 aromatic heterocycles. The van der Waals surface area contributed by atoms with E-state index in [0.29, 0.717) is 6.54 Å². The van der Waals surface area contributed by atoms with Crippen molar-refractivity contribution in [3.63, 3.8) is 0 Å². The average molecular weight is 366 g/mol. The highest BCUT2D eigenvalue weighted by atomic mass is 35.5. The first kappa shape index (κ1) is 18.9. The van der Waals surface area contributed by atoms with Crippen molar-refractivity contribution in [2.24, 2.45) is 11.7 Å². The molecule has 0 bridgehead atoms. The van der Waals surface area contributed by atoms with Gasteiger partial charge in [-0.15, -0.1) is 23.7 Å². The number of carbonyl (C=O) groups excluding carboxylic acids is 1. The minimum absolute atomic E-state index is 0. The summed E-state index contributed by atoms with van der Waals surface area (Å²) in [7, 11) is 0. The first-order valence-electron chi connectivity index (χ1n) is 8.25. The number of nitrogens with one attached hydrogen (secondary N) is 1. The zero-order valence-corrected chi connectivity index (χ0v) is 15.2. The third kappa shape index (κ3) is 5.03. The molecule has 0 aliphatic heterocycles. The van der Waals surface area contributed by atoms with Gasteiger partial charge in [0, 0.05) is 35.9 Å². The monoisotopic (exact) mass is 365 g/mol. The molecule has 2 atom stereocenters. The number of nitrogens with zero attached hydrogens (tertiary/aromatic N) is 1. The summed E-state index contributed by atoms with van der Waals surface area (Å²) in [6.07, 6.45) is 4.67. The highest BCUT2D eigenvalue weighted by molar-refractivity contribution is 7.13. The largest absolute Gasteiger partial charge is 0.355 e. The minimum Gasteiger partial charge on any atom is -0.355 e. The standard InChI is InChI=1S/C18H23N3OS.ClH/c19-15-8-4-7-14(11-15)17(22)20-10-9-16-12-23-18(21-16)13-5-2-1-3-6-13;/h1-3,5-6,12,14-15H,4,7-11,19H2,(H,20,22);1H. The highest BCUT2D eigenvalue weighted by Crippen LogP contribution is 2.24. The van der Waals surface area contributed by atoms with Crippen LogP contribution in [0.5, 0.6) is 0 Å². The van der Waals surface area contributed by atoms with Crippen molar-refractivity contribution in [2.45, 2.75) is 38.1 Å². The first-order chi connectivity index (χ1) is 11.2. The van der Waals surface area contributed by atoms with Gasteiger partial charge in [-0.05, 0) is 19.3 Å². The highest BCUT2D eigenvalue weighted by Gasteiger charge is 2.24. The number of hydrogen-bond acceptors (Lipinski definition) is 4. The molecule has 0 spiro atoms. The van der Waals surface area contributed by atoms with Crippen LogP contribution < -0.4 is 11.1 Å². The van der Waals surface area contributed by atoms with Crippen molar-refractivity contribution in [3.05, 3.63) is 41.4 Å². The molecule has 1 aliphatic carbocycles. The average Bonchev–Trinajstić information content (AvgIpc) is 3.04. The van der Waals surface area contributed by atoms with Crippen molar-refractivity contribution >= 4 is 29.7 Å². The molecule has 3 N–H and O–H groups in total. The summed E-state index contributed by atoms with van der Waals surface area (Å²) in [6.45, 7) is 0.641. The minimum atomic E-state index is 0. The van der Waals surface area contributed by atoms with Crippen molar-refractivity contribution in [1.82, 2.24) is 10.3 Å². The molecule has 1 amide bonds. The van der Waals surface area contributed by atoms with E-state index < -0.39 is 0 Å². The lowest BCUT2D eigenvalue weighted by Gasteiger charge is -2.25. The fraction of sp³-hybridized carbons (Fsp3) is 0.444. The van der Waals surface area contributed by atoms with Crippen molar-refractivity contribution in [3.8, 4) is 10.6 Å². The molecular weight excluding hydrogens is 342 g/mol. The van der Waals surface area contributed by atoms with E-state index in [9.17, 15) is 4.79 Å². The molecule has 2 unspecified atom stereocenters. The lowest BCUT2D eigenvalue weighted by atomic mass is 9.85. The van der Waals surface area contributed by atoms with E-state index in [1.54, 1.807) is 11.3 Å². The van der Waals surface area contributed by atoms with E-state index in [1.165, 1.54) is 0 Å². The Bertz CT molecular complexity index is 647. The number of amides is 1. The number of halogens is 1. The third-order valence-electron chi connectivity index (χ3n) is 4.34. The number of hydrogen-bond donors (Lipinski definition) is 2. The van der Waals surface area contributed by atoms with Gasteiger partial charge in [0.25, 0.3) is 0 Å². The Labute approximate surface area is 153 Å². The van der Waals surface area contributed by atoms with E-state index in [2.05, 4.69) is 27.8 Å². The number of nitrogens with two attached hydrogens (primary N) is 1. The molecule has 0 saturated heterocycles. The maximum absolute atomic E-state index is 12.2. The summed E-state index contributed by atoms with van der Waals surface area (Å²) >= 11 is 1.65. The summed E-state index contributed by atoms with van der Waals surface area (Å²) in [4.78, 5) is 16.8. The van der Waals surface area contributed by atoms with Crippen LogP contribution in [0.25, 0.3) is 10.6 Å². The van der Waals surface area contributed by atoms with Gasteiger partial charge in [-0.1, -0.05) is 36.8 Å². The first-order valence-corrected chi connectivity index (χ1v) is 9.13. The SMILES string of the molecule is Cl.NC1CCCC(C(=O)NCCc2csc(-c3ccccc3)n2)C1. The zero-order chi connectivity index (χ0) is 16.1. The van der Waals surface area contributed by atoms with E-state index in [0.717, 1.165) is 48.4 Å². The van der Waals surface area contributed by atoms with Gasteiger partial charge in [-0.25, -0.2) is 4.98 Å². The van der Waals surface area contributed by atoms with E-state index in [1.807, 2.05) is 18.2 Å². The van der Waals surface area contributed by atoms with Crippen LogP contribution >= 0.6 is 23.7 Å². The van der Waals surface area contributed by atoms with Gasteiger partial charge in [-0.3, -0.25) is 4.79 Å². The molecule has 3 rings (SSSR count). The quantitative estimate of drug-likeness (QED) is 0.853. The van der Waals surface area contributed by atoms with Gasteiger partial charge in [-0.2, -0.15) is 0 Å². The predicted molar refractivity (Wildman–Crippen MR) is 101 cm³/mol. The molecule has 1 heterocycles. The van der Waals surface area contributed by atoms with Crippen LogP contribution in [0.15, 0.2) is 35.7 Å². The van der Waals surface area contributed by atoms with Gasteiger partial charge < -0.3 is 11.1 Å². The molecule has 1 aliphatic rings. The molecule has 130 valence electrons. The number of benzene rings is 1. The van der Waals surface area contributed by atoms with Crippen LogP contribution in [0.4, 0.5) is 0 Å². The van der Waals surface area contributed by atoms with Gasteiger partial charge >= 0.3 is 0 Å². The summed E-state index contributed by atoms with van der Waals surface area (Å²) in [6, 6.07) is 10.4. The Morgan fingerprint density at radius 2 is 2.08 bits per heavy atom. The van der Waals surface area contributed by atoms with Crippen LogP contribution in [0, 0.1) is 5.92 Å². The van der Waals surface area contributed by atoms with Crippen LogP contribution in [-0.4, -0.2) is 23.5 Å². The molecule has 0 radical (unpaired) electrons. The van der Waals surface area contributed by atoms with Crippen LogP contribution in [0.1, 0.15) is 31.4 Å². The molecular formula is C18H24ClN3OS. The molecule has 2 aromatic rings. The molecule has 1 fully saturated rings. The van der Waals surface area contributed by atoms with E-state index in [-0.39, 0.29) is 30.3 Å². The van der Waals surface area contributed by atoms with Gasteiger partial charge in [0.15, 0.2) is 0 Å². The van der Waals surface area contributed by atoms with Crippen molar-refractivity contribution in [1.29, 1.82) is 0 Å². The molecule has 1 saturated carbocycles. The molecule has 6 heteroatoms. The van der Waals surface area contributed by atoms with Crippen LogP contribution in [-0.2, 0) is 11.2 Å². The molecule has 24 heavy (non-hydrogen) atoms. The second-order valence-electron chi connectivity index (χ2n) is 6.17.